The largest absolute Gasteiger partial charge is 0.353 e. The van der Waals surface area contributed by atoms with E-state index in [-0.39, 0.29) is 42.7 Å². The summed E-state index contributed by atoms with van der Waals surface area (Å²) in [7, 11) is 0. The van der Waals surface area contributed by atoms with Crippen LogP contribution < -0.4 is 11.1 Å². The van der Waals surface area contributed by atoms with Crippen LogP contribution in [0.25, 0.3) is 0 Å². The number of nitrogens with one attached hydrogen (secondary N) is 1. The van der Waals surface area contributed by atoms with Gasteiger partial charge in [0.15, 0.2) is 0 Å². The third-order valence-corrected chi connectivity index (χ3v) is 5.02. The lowest BCUT2D eigenvalue weighted by Crippen LogP contribution is -2.53. The van der Waals surface area contributed by atoms with Crippen molar-refractivity contribution in [2.75, 3.05) is 19.6 Å². The lowest BCUT2D eigenvalue weighted by molar-refractivity contribution is -0.129. The monoisotopic (exact) mass is 379 g/mol. The van der Waals surface area contributed by atoms with Crippen LogP contribution in [0.4, 0.5) is 0 Å². The van der Waals surface area contributed by atoms with Gasteiger partial charge in [0.1, 0.15) is 6.04 Å². The Morgan fingerprint density at radius 1 is 1.08 bits per heavy atom. The molecular weight excluding hydrogens is 357 g/mol. The average molecular weight is 380 g/mol. The molecule has 6 heteroatoms. The zero-order chi connectivity index (χ0) is 15.8. The molecule has 0 spiro atoms. The standard InChI is InChI=1S/C19H21N3O.2ClH/c20-11-14-7-4-8-15-17(14)16(13-5-2-1-3-6-13)12-22-10-9-21-19(23)18(15)22;;/h1-8,16,18H,9-12,20H2,(H,21,23);2*1H/t16-,18-;;/m0../s1. The van der Waals surface area contributed by atoms with Gasteiger partial charge in [-0.25, -0.2) is 0 Å². The van der Waals surface area contributed by atoms with E-state index in [0.717, 1.165) is 30.8 Å². The van der Waals surface area contributed by atoms with Crippen LogP contribution in [0.15, 0.2) is 48.5 Å². The van der Waals surface area contributed by atoms with E-state index in [1.807, 2.05) is 12.1 Å². The molecule has 2 aromatic carbocycles. The third kappa shape index (κ3) is 3.40. The molecule has 2 aliphatic rings. The second-order valence-corrected chi connectivity index (χ2v) is 6.28. The summed E-state index contributed by atoms with van der Waals surface area (Å²) in [6.45, 7) is 2.99. The number of nitrogens with two attached hydrogens (primary N) is 1. The highest BCUT2D eigenvalue weighted by molar-refractivity contribution is 5.86. The molecule has 0 radical (unpaired) electrons. The molecule has 4 nitrogen and oxygen atoms in total. The molecule has 25 heavy (non-hydrogen) atoms. The maximum atomic E-state index is 12.5. The molecule has 0 unspecified atom stereocenters. The van der Waals surface area contributed by atoms with Crippen molar-refractivity contribution in [1.82, 2.24) is 10.2 Å². The van der Waals surface area contributed by atoms with Crippen LogP contribution in [-0.4, -0.2) is 30.4 Å². The quantitative estimate of drug-likeness (QED) is 0.842. The minimum Gasteiger partial charge on any atom is -0.353 e. The van der Waals surface area contributed by atoms with Gasteiger partial charge in [-0.05, 0) is 22.3 Å². The minimum atomic E-state index is -0.176. The molecule has 0 saturated carbocycles. The van der Waals surface area contributed by atoms with Crippen molar-refractivity contribution in [2.45, 2.75) is 18.5 Å². The second-order valence-electron chi connectivity index (χ2n) is 6.28. The lowest BCUT2D eigenvalue weighted by atomic mass is 9.78. The predicted octanol–water partition coefficient (Wildman–Crippen LogP) is 2.61. The number of amides is 1. The van der Waals surface area contributed by atoms with Crippen LogP contribution in [-0.2, 0) is 11.3 Å². The number of rotatable bonds is 2. The molecule has 1 fully saturated rings. The second kappa shape index (κ2) is 8.19. The average Bonchev–Trinajstić information content (AvgIpc) is 2.61. The molecule has 134 valence electrons. The summed E-state index contributed by atoms with van der Waals surface area (Å²) in [5.41, 5.74) is 10.8. The number of hydrogen-bond donors (Lipinski definition) is 2. The number of nitrogens with zero attached hydrogens (tertiary/aromatic N) is 1. The highest BCUT2D eigenvalue weighted by Crippen LogP contribution is 2.41. The van der Waals surface area contributed by atoms with Gasteiger partial charge in [0.05, 0.1) is 0 Å². The van der Waals surface area contributed by atoms with Gasteiger partial charge in [-0.1, -0.05) is 48.5 Å². The minimum absolute atomic E-state index is 0. The fourth-order valence-corrected chi connectivity index (χ4v) is 4.01. The first-order valence-corrected chi connectivity index (χ1v) is 8.18. The van der Waals surface area contributed by atoms with Gasteiger partial charge in [-0.3, -0.25) is 9.69 Å². The zero-order valence-corrected chi connectivity index (χ0v) is 15.5. The normalized spacial score (nSPS) is 21.9. The molecule has 2 aliphatic heterocycles. The Labute approximate surface area is 160 Å². The molecule has 4 rings (SSSR count). The number of halogens is 2. The Morgan fingerprint density at radius 3 is 2.56 bits per heavy atom. The summed E-state index contributed by atoms with van der Waals surface area (Å²) in [6.07, 6.45) is 0. The van der Waals surface area contributed by atoms with Gasteiger partial charge in [0.2, 0.25) is 5.91 Å². The first-order valence-electron chi connectivity index (χ1n) is 8.18. The van der Waals surface area contributed by atoms with E-state index in [0.29, 0.717) is 6.54 Å². The molecule has 3 N–H and O–H groups in total. The maximum absolute atomic E-state index is 12.5. The summed E-state index contributed by atoms with van der Waals surface area (Å²) in [5.74, 6) is 0.381. The SMILES string of the molecule is Cl.Cl.NCc1cccc2c1[C@H](c1ccccc1)CN1CCNC(=O)[C@H]21. The van der Waals surface area contributed by atoms with Crippen molar-refractivity contribution in [3.63, 3.8) is 0 Å². The van der Waals surface area contributed by atoms with Crippen LogP contribution in [0.3, 0.4) is 0 Å². The Kier molecular flexibility index (Phi) is 6.47. The van der Waals surface area contributed by atoms with Gasteiger partial charge in [-0.2, -0.15) is 0 Å². The smallest absolute Gasteiger partial charge is 0.242 e. The van der Waals surface area contributed by atoms with Crippen LogP contribution in [0.2, 0.25) is 0 Å². The highest BCUT2D eigenvalue weighted by Gasteiger charge is 2.40. The van der Waals surface area contributed by atoms with E-state index in [1.165, 1.54) is 11.1 Å². The molecule has 0 bridgehead atoms. The van der Waals surface area contributed by atoms with Crippen molar-refractivity contribution in [3.8, 4) is 0 Å². The van der Waals surface area contributed by atoms with E-state index in [4.69, 9.17) is 5.73 Å². The molecule has 0 aliphatic carbocycles. The van der Waals surface area contributed by atoms with Gasteiger partial charge in [0.25, 0.3) is 0 Å². The van der Waals surface area contributed by atoms with Crippen molar-refractivity contribution in [3.05, 3.63) is 70.8 Å². The molecular formula is C19H23Cl2N3O. The van der Waals surface area contributed by atoms with Crippen molar-refractivity contribution >= 4 is 30.7 Å². The van der Waals surface area contributed by atoms with E-state index < -0.39 is 0 Å². The van der Waals surface area contributed by atoms with Gasteiger partial charge in [-0.15, -0.1) is 24.8 Å². The molecule has 2 aromatic rings. The summed E-state index contributed by atoms with van der Waals surface area (Å²) in [4.78, 5) is 14.8. The first kappa shape index (κ1) is 19.7. The predicted molar refractivity (Wildman–Crippen MR) is 104 cm³/mol. The number of carbonyl (C=O) groups excluding carboxylic acids is 1. The Morgan fingerprint density at radius 2 is 1.84 bits per heavy atom. The first-order chi connectivity index (χ1) is 11.3. The van der Waals surface area contributed by atoms with Crippen LogP contribution in [0, 0.1) is 0 Å². The van der Waals surface area contributed by atoms with E-state index in [1.54, 1.807) is 0 Å². The zero-order valence-electron chi connectivity index (χ0n) is 13.9. The maximum Gasteiger partial charge on any atom is 0.242 e. The molecule has 0 aromatic heterocycles. The van der Waals surface area contributed by atoms with Crippen molar-refractivity contribution in [1.29, 1.82) is 0 Å². The Hall–Kier alpha value is -1.59. The van der Waals surface area contributed by atoms with Crippen LogP contribution in [0.5, 0.6) is 0 Å². The molecule has 1 amide bonds. The topological polar surface area (TPSA) is 58.4 Å². The fourth-order valence-electron chi connectivity index (χ4n) is 4.01. The molecule has 2 heterocycles. The molecule has 1 saturated heterocycles. The summed E-state index contributed by atoms with van der Waals surface area (Å²) in [5, 5.41) is 3.00. The third-order valence-electron chi connectivity index (χ3n) is 5.02. The number of hydrogen-bond acceptors (Lipinski definition) is 3. The highest BCUT2D eigenvalue weighted by atomic mass is 35.5. The lowest BCUT2D eigenvalue weighted by Gasteiger charge is -2.44. The van der Waals surface area contributed by atoms with Crippen LogP contribution >= 0.6 is 24.8 Å². The number of carbonyl (C=O) groups is 1. The van der Waals surface area contributed by atoms with E-state index in [2.05, 4.69) is 46.6 Å². The van der Waals surface area contributed by atoms with E-state index >= 15 is 0 Å². The van der Waals surface area contributed by atoms with Crippen LogP contribution in [0.1, 0.15) is 34.2 Å². The molecule has 2 atom stereocenters. The Bertz CT molecular complexity index is 739. The van der Waals surface area contributed by atoms with Gasteiger partial charge >= 0.3 is 0 Å². The summed E-state index contributed by atoms with van der Waals surface area (Å²) >= 11 is 0. The van der Waals surface area contributed by atoms with Crippen molar-refractivity contribution in [2.24, 2.45) is 5.73 Å². The summed E-state index contributed by atoms with van der Waals surface area (Å²) in [6, 6.07) is 16.6. The van der Waals surface area contributed by atoms with E-state index in [9.17, 15) is 4.79 Å². The fraction of sp³-hybridized carbons (Fsp3) is 0.316. The number of fused-ring (bicyclic) bond motifs is 3. The number of benzene rings is 2. The van der Waals surface area contributed by atoms with Gasteiger partial charge < -0.3 is 11.1 Å². The van der Waals surface area contributed by atoms with Crippen molar-refractivity contribution < 1.29 is 4.79 Å². The summed E-state index contributed by atoms with van der Waals surface area (Å²) < 4.78 is 0. The van der Waals surface area contributed by atoms with Gasteiger partial charge in [0, 0.05) is 32.1 Å². The number of piperazine rings is 1. The Balaban J connectivity index is 0.00000113.